The van der Waals surface area contributed by atoms with Crippen LogP contribution in [0.15, 0.2) is 42.0 Å². The number of halogens is 1. The molecular formula is C19H21ClN2O5. The number of nitrogen functional groups attached to an aromatic ring is 1. The third kappa shape index (κ3) is 4.51. The number of amidine groups is 1. The van der Waals surface area contributed by atoms with Gasteiger partial charge in [-0.25, -0.2) is 4.79 Å². The van der Waals surface area contributed by atoms with Crippen LogP contribution in [0.25, 0.3) is 5.57 Å². The van der Waals surface area contributed by atoms with E-state index in [2.05, 4.69) is 0 Å². The van der Waals surface area contributed by atoms with Crippen LogP contribution in [0.5, 0.6) is 17.2 Å². The second kappa shape index (κ2) is 8.95. The van der Waals surface area contributed by atoms with E-state index in [9.17, 15) is 15.0 Å². The van der Waals surface area contributed by atoms with Crippen molar-refractivity contribution < 1.29 is 24.5 Å². The molecule has 0 saturated heterocycles. The summed E-state index contributed by atoms with van der Waals surface area (Å²) in [5, 5.41) is 27.5. The standard InChI is InChI=1S/C19H20N2O5.ClH/c1-10(19(23)24)16(11-4-6-12(7-5-11)18(20)21)14-8-13(25-2)9-15(26-3)17(14)22;/h4-9,22H,1-3H3,(H3,20,21)(H,23,24);1H. The van der Waals surface area contributed by atoms with E-state index in [0.717, 1.165) is 0 Å². The van der Waals surface area contributed by atoms with Gasteiger partial charge in [0.2, 0.25) is 0 Å². The minimum atomic E-state index is -1.13. The largest absolute Gasteiger partial charge is 0.504 e. The molecule has 0 aliphatic rings. The Labute approximate surface area is 163 Å². The van der Waals surface area contributed by atoms with Crippen LogP contribution >= 0.6 is 12.4 Å². The molecule has 2 aromatic carbocycles. The molecule has 0 aliphatic carbocycles. The van der Waals surface area contributed by atoms with Crippen LogP contribution in [0.4, 0.5) is 0 Å². The molecule has 144 valence electrons. The van der Waals surface area contributed by atoms with Gasteiger partial charge in [0.1, 0.15) is 11.6 Å². The van der Waals surface area contributed by atoms with Crippen LogP contribution in [0.2, 0.25) is 0 Å². The molecule has 27 heavy (non-hydrogen) atoms. The highest BCUT2D eigenvalue weighted by Gasteiger charge is 2.21. The van der Waals surface area contributed by atoms with Gasteiger partial charge in [-0.3, -0.25) is 5.41 Å². The number of carboxylic acids is 1. The summed E-state index contributed by atoms with van der Waals surface area (Å²) >= 11 is 0. The van der Waals surface area contributed by atoms with Crippen molar-refractivity contribution in [3.8, 4) is 17.2 Å². The van der Waals surface area contributed by atoms with E-state index in [0.29, 0.717) is 22.4 Å². The first-order valence-corrected chi connectivity index (χ1v) is 7.64. The number of carbonyl (C=O) groups is 1. The third-order valence-corrected chi connectivity index (χ3v) is 3.95. The molecule has 0 aliphatic heterocycles. The van der Waals surface area contributed by atoms with E-state index in [1.54, 1.807) is 30.3 Å². The number of nitrogens with two attached hydrogens (primary N) is 1. The van der Waals surface area contributed by atoms with Crippen molar-refractivity contribution in [2.24, 2.45) is 5.73 Å². The number of phenolic OH excluding ortho intramolecular Hbond substituents is 1. The lowest BCUT2D eigenvalue weighted by Crippen LogP contribution is -2.11. The predicted molar refractivity (Wildman–Crippen MR) is 105 cm³/mol. The monoisotopic (exact) mass is 392 g/mol. The summed E-state index contributed by atoms with van der Waals surface area (Å²) in [4.78, 5) is 11.6. The zero-order chi connectivity index (χ0) is 19.4. The van der Waals surface area contributed by atoms with Gasteiger partial charge in [-0.1, -0.05) is 24.3 Å². The number of rotatable bonds is 6. The third-order valence-electron chi connectivity index (χ3n) is 3.95. The summed E-state index contributed by atoms with van der Waals surface area (Å²) < 4.78 is 10.4. The fourth-order valence-electron chi connectivity index (χ4n) is 2.54. The molecule has 0 atom stereocenters. The quantitative estimate of drug-likeness (QED) is 0.340. The van der Waals surface area contributed by atoms with Gasteiger partial charge < -0.3 is 25.4 Å². The average Bonchev–Trinajstić information content (AvgIpc) is 2.63. The molecule has 5 N–H and O–H groups in total. The van der Waals surface area contributed by atoms with E-state index >= 15 is 0 Å². The zero-order valence-electron chi connectivity index (χ0n) is 15.1. The molecule has 2 rings (SSSR count). The second-order valence-electron chi connectivity index (χ2n) is 5.52. The number of nitrogens with one attached hydrogen (secondary N) is 1. The van der Waals surface area contributed by atoms with Crippen LogP contribution < -0.4 is 15.2 Å². The predicted octanol–water partition coefficient (Wildman–Crippen LogP) is 3.02. The Balaban J connectivity index is 0.00000364. The first-order chi connectivity index (χ1) is 12.3. The van der Waals surface area contributed by atoms with Gasteiger partial charge in [0, 0.05) is 28.3 Å². The van der Waals surface area contributed by atoms with Gasteiger partial charge in [0.25, 0.3) is 0 Å². The highest BCUT2D eigenvalue weighted by molar-refractivity contribution is 6.02. The van der Waals surface area contributed by atoms with Gasteiger partial charge in [-0.15, -0.1) is 12.4 Å². The Bertz CT molecular complexity index is 892. The minimum absolute atomic E-state index is 0. The van der Waals surface area contributed by atoms with E-state index < -0.39 is 5.97 Å². The first-order valence-electron chi connectivity index (χ1n) is 7.64. The number of hydrogen-bond donors (Lipinski definition) is 4. The van der Waals surface area contributed by atoms with Crippen molar-refractivity contribution >= 4 is 29.8 Å². The van der Waals surface area contributed by atoms with Crippen LogP contribution in [0, 0.1) is 5.41 Å². The molecule has 0 bridgehead atoms. The molecular weight excluding hydrogens is 372 g/mol. The Morgan fingerprint density at radius 2 is 1.63 bits per heavy atom. The lowest BCUT2D eigenvalue weighted by Gasteiger charge is -2.16. The molecule has 0 aromatic heterocycles. The molecule has 0 radical (unpaired) electrons. The van der Waals surface area contributed by atoms with E-state index in [4.69, 9.17) is 20.6 Å². The van der Waals surface area contributed by atoms with Gasteiger partial charge >= 0.3 is 5.97 Å². The average molecular weight is 393 g/mol. The van der Waals surface area contributed by atoms with Crippen molar-refractivity contribution in [3.05, 3.63) is 58.7 Å². The maximum absolute atomic E-state index is 11.6. The summed E-state index contributed by atoms with van der Waals surface area (Å²) in [6.45, 7) is 1.45. The summed E-state index contributed by atoms with van der Waals surface area (Å²) in [7, 11) is 2.86. The minimum Gasteiger partial charge on any atom is -0.504 e. The number of methoxy groups -OCH3 is 2. The molecule has 7 nitrogen and oxygen atoms in total. The molecule has 0 amide bonds. The fraction of sp³-hybridized carbons (Fsp3) is 0.158. The number of carboxylic acid groups (broad SMARTS) is 1. The summed E-state index contributed by atoms with van der Waals surface area (Å²) in [5.74, 6) is -0.847. The number of phenols is 1. The number of hydrogen-bond acceptors (Lipinski definition) is 5. The van der Waals surface area contributed by atoms with E-state index in [1.807, 2.05) is 0 Å². The van der Waals surface area contributed by atoms with Crippen molar-refractivity contribution in [1.82, 2.24) is 0 Å². The van der Waals surface area contributed by atoms with Crippen molar-refractivity contribution in [3.63, 3.8) is 0 Å². The number of benzene rings is 2. The van der Waals surface area contributed by atoms with Gasteiger partial charge in [-0.05, 0) is 18.6 Å². The van der Waals surface area contributed by atoms with Gasteiger partial charge in [-0.2, -0.15) is 0 Å². The summed E-state index contributed by atoms with van der Waals surface area (Å²) in [5.41, 5.74) is 7.12. The van der Waals surface area contributed by atoms with Crippen LogP contribution in [-0.2, 0) is 4.79 Å². The number of aliphatic carboxylic acids is 1. The lowest BCUT2D eigenvalue weighted by atomic mass is 9.91. The Hall–Kier alpha value is -3.19. The SMILES string of the molecule is COc1cc(OC)c(O)c(C(=C(C)C(=O)O)c2ccc(C(=N)N)cc2)c1.Cl. The molecule has 0 heterocycles. The first kappa shape index (κ1) is 21.9. The number of ether oxygens (including phenoxy) is 2. The van der Waals surface area contributed by atoms with Crippen molar-refractivity contribution in [2.45, 2.75) is 6.92 Å². The fourth-order valence-corrected chi connectivity index (χ4v) is 2.54. The van der Waals surface area contributed by atoms with Crippen molar-refractivity contribution in [1.29, 1.82) is 5.41 Å². The Kier molecular flexibility index (Phi) is 7.25. The Morgan fingerprint density at radius 1 is 1.07 bits per heavy atom. The topological polar surface area (TPSA) is 126 Å². The summed E-state index contributed by atoms with van der Waals surface area (Å²) in [6.07, 6.45) is 0. The molecule has 0 saturated carbocycles. The highest BCUT2D eigenvalue weighted by Crippen LogP contribution is 2.41. The molecule has 8 heteroatoms. The van der Waals surface area contributed by atoms with Gasteiger partial charge in [0.15, 0.2) is 11.5 Å². The maximum Gasteiger partial charge on any atom is 0.331 e. The number of aromatic hydroxyl groups is 1. The van der Waals surface area contributed by atoms with Crippen LogP contribution in [0.3, 0.4) is 0 Å². The second-order valence-corrected chi connectivity index (χ2v) is 5.52. The molecule has 0 spiro atoms. The zero-order valence-corrected chi connectivity index (χ0v) is 15.9. The smallest absolute Gasteiger partial charge is 0.331 e. The summed E-state index contributed by atoms with van der Waals surface area (Å²) in [6, 6.07) is 9.56. The highest BCUT2D eigenvalue weighted by atomic mass is 35.5. The van der Waals surface area contributed by atoms with Crippen LogP contribution in [0.1, 0.15) is 23.6 Å². The Morgan fingerprint density at radius 3 is 2.07 bits per heavy atom. The molecule has 0 unspecified atom stereocenters. The van der Waals surface area contributed by atoms with Crippen molar-refractivity contribution in [2.75, 3.05) is 14.2 Å². The maximum atomic E-state index is 11.6. The van der Waals surface area contributed by atoms with Crippen LogP contribution in [-0.4, -0.2) is 36.2 Å². The molecule has 0 fully saturated rings. The van der Waals surface area contributed by atoms with E-state index in [1.165, 1.54) is 27.2 Å². The van der Waals surface area contributed by atoms with Gasteiger partial charge in [0.05, 0.1) is 14.2 Å². The lowest BCUT2D eigenvalue weighted by molar-refractivity contribution is -0.132. The normalized spacial score (nSPS) is 11.1. The van der Waals surface area contributed by atoms with E-state index in [-0.39, 0.29) is 40.9 Å². The molecule has 2 aromatic rings.